The van der Waals surface area contributed by atoms with Gasteiger partial charge in [-0.25, -0.2) is 0 Å². The summed E-state index contributed by atoms with van der Waals surface area (Å²) in [5, 5.41) is 0. The third-order valence-electron chi connectivity index (χ3n) is 5.35. The van der Waals surface area contributed by atoms with Gasteiger partial charge in [0.05, 0.1) is 14.2 Å². The molecule has 148 valence electrons. The third-order valence-corrected chi connectivity index (χ3v) is 5.35. The van der Waals surface area contributed by atoms with E-state index in [9.17, 15) is 4.79 Å². The quantitative estimate of drug-likeness (QED) is 0.712. The zero-order valence-electron chi connectivity index (χ0n) is 16.3. The summed E-state index contributed by atoms with van der Waals surface area (Å²) in [4.78, 5) is 15.3. The maximum absolute atomic E-state index is 13.0. The van der Waals surface area contributed by atoms with Gasteiger partial charge < -0.3 is 18.9 Å². The zero-order valence-corrected chi connectivity index (χ0v) is 16.3. The number of hydrogen-bond donors (Lipinski definition) is 0. The molecule has 2 aromatic rings. The molecule has 0 aliphatic carbocycles. The number of carbonyl (C=O) groups excluding carboxylic acids is 1. The number of ether oxygens (including phenoxy) is 4. The highest BCUT2D eigenvalue weighted by atomic mass is 16.7. The maximum atomic E-state index is 13.0. The molecule has 2 aliphatic heterocycles. The van der Waals surface area contributed by atoms with E-state index in [0.29, 0.717) is 17.2 Å². The molecule has 1 saturated heterocycles. The molecule has 0 unspecified atom stereocenters. The topological polar surface area (TPSA) is 57.2 Å². The number of Topliss-reactive ketones (excluding diaryl/α,β-unsaturated/α-hetero) is 1. The van der Waals surface area contributed by atoms with Crippen LogP contribution in [0.1, 0.15) is 28.8 Å². The summed E-state index contributed by atoms with van der Waals surface area (Å²) in [6.45, 7) is 2.68. The van der Waals surface area contributed by atoms with Crippen molar-refractivity contribution in [1.29, 1.82) is 0 Å². The summed E-state index contributed by atoms with van der Waals surface area (Å²) in [5.74, 6) is 2.96. The van der Waals surface area contributed by atoms with Crippen LogP contribution >= 0.6 is 0 Å². The molecule has 0 spiro atoms. The van der Waals surface area contributed by atoms with E-state index in [1.807, 2.05) is 36.4 Å². The summed E-state index contributed by atoms with van der Waals surface area (Å²) in [6.07, 6.45) is 1.92. The van der Waals surface area contributed by atoms with Gasteiger partial charge in [0.15, 0.2) is 17.3 Å². The van der Waals surface area contributed by atoms with Gasteiger partial charge in [-0.3, -0.25) is 9.69 Å². The van der Waals surface area contributed by atoms with Crippen LogP contribution in [-0.2, 0) is 6.54 Å². The van der Waals surface area contributed by atoms with Crippen molar-refractivity contribution in [2.75, 3.05) is 34.1 Å². The Balaban J connectivity index is 1.46. The van der Waals surface area contributed by atoms with Gasteiger partial charge in [-0.05, 0) is 49.2 Å². The standard InChI is InChI=1S/C22H25NO5/c1-25-18-7-3-5-16(11-18)21(24)17-6-4-8-23(13-17)12-15-9-19(26-2)22-20(10-15)27-14-28-22/h3,5,7,9-11,17H,4,6,8,12-14H2,1-2H3/t17-/m1/s1. The van der Waals surface area contributed by atoms with Gasteiger partial charge in [-0.1, -0.05) is 12.1 Å². The van der Waals surface area contributed by atoms with E-state index in [0.717, 1.165) is 49.4 Å². The highest BCUT2D eigenvalue weighted by Gasteiger charge is 2.28. The fraction of sp³-hybridized carbons (Fsp3) is 0.409. The first kappa shape index (κ1) is 18.6. The van der Waals surface area contributed by atoms with Crippen molar-refractivity contribution in [3.8, 4) is 23.0 Å². The van der Waals surface area contributed by atoms with Gasteiger partial charge in [0.2, 0.25) is 12.5 Å². The van der Waals surface area contributed by atoms with Gasteiger partial charge in [-0.2, -0.15) is 0 Å². The van der Waals surface area contributed by atoms with Crippen LogP contribution in [-0.4, -0.2) is 44.8 Å². The number of fused-ring (bicyclic) bond motifs is 1. The predicted octanol–water partition coefficient (Wildman–Crippen LogP) is 3.53. The lowest BCUT2D eigenvalue weighted by Crippen LogP contribution is -2.38. The maximum Gasteiger partial charge on any atom is 0.231 e. The van der Waals surface area contributed by atoms with E-state index in [1.54, 1.807) is 14.2 Å². The largest absolute Gasteiger partial charge is 0.497 e. The molecule has 0 bridgehead atoms. The number of likely N-dealkylation sites (tertiary alicyclic amines) is 1. The first-order valence-corrected chi connectivity index (χ1v) is 9.55. The first-order valence-electron chi connectivity index (χ1n) is 9.55. The van der Waals surface area contributed by atoms with Gasteiger partial charge in [0.1, 0.15) is 5.75 Å². The van der Waals surface area contributed by atoms with E-state index in [4.69, 9.17) is 18.9 Å². The molecular formula is C22H25NO5. The second-order valence-electron chi connectivity index (χ2n) is 7.20. The molecule has 2 aromatic carbocycles. The number of ketones is 1. The molecular weight excluding hydrogens is 358 g/mol. The van der Waals surface area contributed by atoms with Crippen LogP contribution in [0.15, 0.2) is 36.4 Å². The molecule has 6 nitrogen and oxygen atoms in total. The van der Waals surface area contributed by atoms with E-state index >= 15 is 0 Å². The van der Waals surface area contributed by atoms with Crippen molar-refractivity contribution in [3.05, 3.63) is 47.5 Å². The Hall–Kier alpha value is -2.73. The minimum Gasteiger partial charge on any atom is -0.497 e. The number of piperidine rings is 1. The van der Waals surface area contributed by atoms with Crippen LogP contribution in [0.25, 0.3) is 0 Å². The van der Waals surface area contributed by atoms with Crippen molar-refractivity contribution in [3.63, 3.8) is 0 Å². The SMILES string of the molecule is COc1cccc(C(=O)[C@@H]2CCCN(Cc3cc(OC)c4c(c3)OCO4)C2)c1. The van der Waals surface area contributed by atoms with E-state index in [-0.39, 0.29) is 18.5 Å². The summed E-state index contributed by atoms with van der Waals surface area (Å²) in [7, 11) is 3.25. The molecule has 6 heteroatoms. The van der Waals surface area contributed by atoms with Gasteiger partial charge in [0.25, 0.3) is 0 Å². The monoisotopic (exact) mass is 383 g/mol. The lowest BCUT2D eigenvalue weighted by Gasteiger charge is -2.32. The van der Waals surface area contributed by atoms with Crippen molar-refractivity contribution >= 4 is 5.78 Å². The van der Waals surface area contributed by atoms with E-state index < -0.39 is 0 Å². The number of nitrogens with zero attached hydrogens (tertiary/aromatic N) is 1. The molecule has 1 fully saturated rings. The number of methoxy groups -OCH3 is 2. The molecule has 2 aliphatic rings. The Bertz CT molecular complexity index is 866. The smallest absolute Gasteiger partial charge is 0.231 e. The Morgan fingerprint density at radius 3 is 2.89 bits per heavy atom. The average Bonchev–Trinajstić information content (AvgIpc) is 3.21. The van der Waals surface area contributed by atoms with Crippen LogP contribution in [0.4, 0.5) is 0 Å². The predicted molar refractivity (Wildman–Crippen MR) is 104 cm³/mol. The minimum absolute atomic E-state index is 0.00300. The van der Waals surface area contributed by atoms with E-state index in [1.165, 1.54) is 0 Å². The second-order valence-corrected chi connectivity index (χ2v) is 7.20. The first-order chi connectivity index (χ1) is 13.7. The molecule has 2 heterocycles. The molecule has 0 radical (unpaired) electrons. The number of carbonyl (C=O) groups is 1. The number of benzene rings is 2. The van der Waals surface area contributed by atoms with Crippen molar-refractivity contribution in [2.45, 2.75) is 19.4 Å². The normalized spacial score (nSPS) is 18.7. The van der Waals surface area contributed by atoms with Crippen LogP contribution < -0.4 is 18.9 Å². The molecule has 0 aromatic heterocycles. The van der Waals surface area contributed by atoms with E-state index in [2.05, 4.69) is 4.90 Å². The third kappa shape index (κ3) is 3.78. The Kier molecular flexibility index (Phi) is 5.39. The number of rotatable bonds is 6. The van der Waals surface area contributed by atoms with Crippen molar-refractivity contribution in [1.82, 2.24) is 4.90 Å². The molecule has 1 atom stereocenters. The lowest BCUT2D eigenvalue weighted by atomic mass is 9.89. The van der Waals surface area contributed by atoms with Crippen LogP contribution in [0.5, 0.6) is 23.0 Å². The zero-order chi connectivity index (χ0) is 19.5. The molecule has 28 heavy (non-hydrogen) atoms. The van der Waals surface area contributed by atoms with Gasteiger partial charge in [-0.15, -0.1) is 0 Å². The average molecular weight is 383 g/mol. The minimum atomic E-state index is -0.00300. The highest BCUT2D eigenvalue weighted by molar-refractivity contribution is 5.98. The van der Waals surface area contributed by atoms with Crippen LogP contribution in [0, 0.1) is 5.92 Å². The fourth-order valence-electron chi connectivity index (χ4n) is 3.96. The Morgan fingerprint density at radius 2 is 2.07 bits per heavy atom. The molecule has 0 N–H and O–H groups in total. The van der Waals surface area contributed by atoms with Gasteiger partial charge in [0, 0.05) is 24.6 Å². The summed E-state index contributed by atoms with van der Waals surface area (Å²) >= 11 is 0. The highest BCUT2D eigenvalue weighted by Crippen LogP contribution is 2.42. The summed E-state index contributed by atoms with van der Waals surface area (Å²) in [5.41, 5.74) is 1.81. The Labute approximate surface area is 165 Å². The summed E-state index contributed by atoms with van der Waals surface area (Å²) < 4.78 is 21.7. The molecule has 4 rings (SSSR count). The Morgan fingerprint density at radius 1 is 1.18 bits per heavy atom. The molecule has 0 saturated carbocycles. The molecule has 0 amide bonds. The summed E-state index contributed by atoms with van der Waals surface area (Å²) in [6, 6.07) is 11.4. The van der Waals surface area contributed by atoms with Gasteiger partial charge >= 0.3 is 0 Å². The lowest BCUT2D eigenvalue weighted by molar-refractivity contribution is 0.0811. The van der Waals surface area contributed by atoms with Crippen LogP contribution in [0.3, 0.4) is 0 Å². The van der Waals surface area contributed by atoms with Crippen LogP contribution in [0.2, 0.25) is 0 Å². The van der Waals surface area contributed by atoms with Crippen molar-refractivity contribution in [2.24, 2.45) is 5.92 Å². The second kappa shape index (κ2) is 8.10. The number of hydrogen-bond acceptors (Lipinski definition) is 6. The fourth-order valence-corrected chi connectivity index (χ4v) is 3.96. The van der Waals surface area contributed by atoms with Crippen molar-refractivity contribution < 1.29 is 23.7 Å².